The molecule has 1 fully saturated rings. The Kier molecular flexibility index (Phi) is 11.3. The van der Waals surface area contributed by atoms with E-state index in [1.165, 1.54) is 125 Å². The van der Waals surface area contributed by atoms with Crippen LogP contribution in [0.25, 0.3) is 22.3 Å². The second kappa shape index (κ2) is 17.7. The molecule has 0 spiro atoms. The van der Waals surface area contributed by atoms with Crippen molar-refractivity contribution in [2.75, 3.05) is 14.7 Å². The molecule has 0 N–H and O–H groups in total. The zero-order chi connectivity index (χ0) is 53.2. The predicted molar refractivity (Wildman–Crippen MR) is 330 cm³/mol. The molecule has 9 aromatic rings. The third kappa shape index (κ3) is 7.60. The summed E-state index contributed by atoms with van der Waals surface area (Å²) >= 11 is 0. The van der Waals surface area contributed by atoms with Crippen LogP contribution >= 0.6 is 0 Å². The van der Waals surface area contributed by atoms with Gasteiger partial charge in [0.15, 0.2) is 0 Å². The Labute approximate surface area is 459 Å². The third-order valence-corrected chi connectivity index (χ3v) is 18.2. The molecule has 1 saturated carbocycles. The van der Waals surface area contributed by atoms with Gasteiger partial charge in [-0.25, -0.2) is 0 Å². The summed E-state index contributed by atoms with van der Waals surface area (Å²) < 4.78 is 0. The molecule has 77 heavy (non-hydrogen) atoms. The van der Waals surface area contributed by atoms with E-state index in [2.05, 4.69) is 290 Å². The highest BCUT2D eigenvalue weighted by Crippen LogP contribution is 2.64. The quantitative estimate of drug-likeness (QED) is 0.154. The Bertz CT molecular complexity index is 3570. The molecule has 0 radical (unpaired) electrons. The van der Waals surface area contributed by atoms with Gasteiger partial charge in [0.05, 0.1) is 16.9 Å². The first-order chi connectivity index (χ1) is 37.0. The van der Waals surface area contributed by atoms with Crippen molar-refractivity contribution < 1.29 is 0 Å². The van der Waals surface area contributed by atoms with Crippen LogP contribution in [-0.2, 0) is 21.7 Å². The highest BCUT2D eigenvalue weighted by molar-refractivity contribution is 7.00. The largest absolute Gasteiger partial charge is 0.334 e. The third-order valence-electron chi connectivity index (χ3n) is 18.2. The number of fused-ring (bicyclic) bond motifs is 7. The smallest absolute Gasteiger partial charge is 0.252 e. The number of hydrogen-bond acceptors (Lipinski definition) is 3. The fourth-order valence-corrected chi connectivity index (χ4v) is 14.3. The van der Waals surface area contributed by atoms with E-state index in [9.17, 15) is 0 Å². The van der Waals surface area contributed by atoms with Crippen LogP contribution in [-0.4, -0.2) is 12.3 Å². The number of benzene rings is 9. The van der Waals surface area contributed by atoms with Crippen LogP contribution in [0.2, 0.25) is 0 Å². The normalized spacial score (nSPS) is 18.6. The second-order valence-electron chi connectivity index (χ2n) is 25.9. The Balaban J connectivity index is 1.15. The molecule has 2 atom stereocenters. The van der Waals surface area contributed by atoms with E-state index in [0.717, 1.165) is 12.8 Å². The lowest BCUT2D eigenvalue weighted by Gasteiger charge is -2.53. The monoisotopic (exact) mass is 1000 g/mol. The molecule has 0 saturated heterocycles. The highest BCUT2D eigenvalue weighted by Gasteiger charge is 2.61. The molecule has 3 heterocycles. The average molecular weight is 1000 g/mol. The van der Waals surface area contributed by atoms with E-state index in [1.54, 1.807) is 0 Å². The van der Waals surface area contributed by atoms with Crippen molar-refractivity contribution in [3.63, 3.8) is 0 Å². The molecular weight excluding hydrogens is 930 g/mol. The van der Waals surface area contributed by atoms with Crippen LogP contribution in [0.4, 0.5) is 45.5 Å². The van der Waals surface area contributed by atoms with Crippen LogP contribution in [0.15, 0.2) is 206 Å². The minimum absolute atomic E-state index is 0.0199. The molecule has 3 nitrogen and oxygen atoms in total. The maximum Gasteiger partial charge on any atom is 0.252 e. The minimum atomic E-state index is -0.291. The van der Waals surface area contributed by atoms with Crippen LogP contribution < -0.4 is 31.1 Å². The number of rotatable bonds is 6. The van der Waals surface area contributed by atoms with Crippen molar-refractivity contribution in [3.8, 4) is 22.3 Å². The zero-order valence-corrected chi connectivity index (χ0v) is 46.9. The van der Waals surface area contributed by atoms with Gasteiger partial charge in [0.2, 0.25) is 0 Å². The lowest BCUT2D eigenvalue weighted by atomic mass is 9.33. The molecule has 4 aliphatic rings. The SMILES string of the molecule is CC(C)(C)c1ccc(C23CCCCC2(C)N(c2cc4c5c(c2)N(c2ccc(C(C)(C)C)cc2-c2ccccc2)c2ccccc2B5c2ccccc2N4c2ccc(C(C)(C)C)cc2-c2ccccc2)c2ccccc23)cc1. The summed E-state index contributed by atoms with van der Waals surface area (Å²) in [6.07, 6.45) is 4.51. The van der Waals surface area contributed by atoms with Crippen LogP contribution in [0.3, 0.4) is 0 Å². The first kappa shape index (κ1) is 49.0. The molecular formula is C73H72BN3. The Morgan fingerprint density at radius 2 is 0.818 bits per heavy atom. The zero-order valence-electron chi connectivity index (χ0n) is 46.9. The predicted octanol–water partition coefficient (Wildman–Crippen LogP) is 17.8. The average Bonchev–Trinajstić information content (AvgIpc) is 3.81. The first-order valence-electron chi connectivity index (χ1n) is 28.3. The van der Waals surface area contributed by atoms with Gasteiger partial charge in [-0.2, -0.15) is 0 Å². The van der Waals surface area contributed by atoms with Crippen LogP contribution in [0.5, 0.6) is 0 Å². The second-order valence-corrected chi connectivity index (χ2v) is 25.9. The van der Waals surface area contributed by atoms with Crippen LogP contribution in [0.1, 0.15) is 123 Å². The minimum Gasteiger partial charge on any atom is -0.334 e. The maximum absolute atomic E-state index is 2.82. The van der Waals surface area contributed by atoms with Gasteiger partial charge in [-0.15, -0.1) is 0 Å². The van der Waals surface area contributed by atoms with Gasteiger partial charge in [-0.1, -0.05) is 227 Å². The summed E-state index contributed by atoms with van der Waals surface area (Å²) in [6, 6.07) is 79.8. The van der Waals surface area contributed by atoms with Gasteiger partial charge in [-0.3, -0.25) is 0 Å². The summed E-state index contributed by atoms with van der Waals surface area (Å²) in [7, 11) is 0. The van der Waals surface area contributed by atoms with Crippen molar-refractivity contribution in [2.24, 2.45) is 0 Å². The van der Waals surface area contributed by atoms with Gasteiger partial charge in [-0.05, 0) is 146 Å². The van der Waals surface area contributed by atoms with Gasteiger partial charge in [0, 0.05) is 50.7 Å². The number of para-hydroxylation sites is 3. The Hall–Kier alpha value is -7.56. The number of hydrogen-bond donors (Lipinski definition) is 0. The van der Waals surface area contributed by atoms with E-state index in [1.807, 2.05) is 0 Å². The Morgan fingerprint density at radius 1 is 0.390 bits per heavy atom. The Morgan fingerprint density at radius 3 is 1.31 bits per heavy atom. The van der Waals surface area contributed by atoms with E-state index in [-0.39, 0.29) is 33.9 Å². The fraction of sp³-hybridized carbons (Fsp3) is 0.260. The topological polar surface area (TPSA) is 9.72 Å². The fourth-order valence-electron chi connectivity index (χ4n) is 14.3. The number of nitrogens with zero attached hydrogens (tertiary/aromatic N) is 3. The van der Waals surface area contributed by atoms with Crippen LogP contribution in [0, 0.1) is 0 Å². The molecule has 0 bridgehead atoms. The van der Waals surface area contributed by atoms with Crippen molar-refractivity contribution in [3.05, 3.63) is 234 Å². The lowest BCUT2D eigenvalue weighted by Crippen LogP contribution is -2.61. The van der Waals surface area contributed by atoms with Crippen molar-refractivity contribution in [1.82, 2.24) is 0 Å². The summed E-state index contributed by atoms with van der Waals surface area (Å²) in [5.41, 5.74) is 24.9. The molecule has 1 aliphatic carbocycles. The lowest BCUT2D eigenvalue weighted by molar-refractivity contribution is 0.215. The molecule has 382 valence electrons. The van der Waals surface area contributed by atoms with Crippen molar-refractivity contribution in [1.29, 1.82) is 0 Å². The van der Waals surface area contributed by atoms with E-state index in [4.69, 9.17) is 0 Å². The molecule has 3 aliphatic heterocycles. The summed E-state index contributed by atoms with van der Waals surface area (Å²) in [5, 5.41) is 0. The van der Waals surface area contributed by atoms with Crippen molar-refractivity contribution >= 4 is 68.6 Å². The first-order valence-corrected chi connectivity index (χ1v) is 28.3. The van der Waals surface area contributed by atoms with Gasteiger partial charge >= 0.3 is 0 Å². The summed E-state index contributed by atoms with van der Waals surface area (Å²) in [6.45, 7) is 23.6. The highest BCUT2D eigenvalue weighted by atomic mass is 15.3. The van der Waals surface area contributed by atoms with Gasteiger partial charge < -0.3 is 14.7 Å². The van der Waals surface area contributed by atoms with E-state index in [0.29, 0.717) is 0 Å². The molecule has 0 aromatic heterocycles. The number of anilines is 8. The summed E-state index contributed by atoms with van der Waals surface area (Å²) in [4.78, 5) is 8.13. The van der Waals surface area contributed by atoms with Gasteiger partial charge in [0.25, 0.3) is 6.71 Å². The molecule has 13 rings (SSSR count). The molecule has 4 heteroatoms. The molecule has 9 aromatic carbocycles. The van der Waals surface area contributed by atoms with E-state index < -0.39 is 0 Å². The van der Waals surface area contributed by atoms with Crippen molar-refractivity contribution in [2.45, 2.75) is 122 Å². The molecule has 2 unspecified atom stereocenters. The van der Waals surface area contributed by atoms with Gasteiger partial charge in [0.1, 0.15) is 0 Å². The standard InChI is InChI=1S/C73H72BN3/c1-69(2,3)51-35-37-52(38-36-51)73-44-24-23-43-72(73,10)77(63-32-20-17-29-58(63)73)55-47-66-68-67(48-55)76(62-42-40-54(71(7,8)9)46-57(62)50-27-15-12-16-28-50)65-34-22-19-31-60(65)74(68)59-30-18-21-33-64(59)75(66)61-41-39-53(70(4,5)6)45-56(61)49-25-13-11-14-26-49/h11-22,25-42,45-48H,23-24,43-44H2,1-10H3. The summed E-state index contributed by atoms with van der Waals surface area (Å²) in [5.74, 6) is 0. The van der Waals surface area contributed by atoms with E-state index >= 15 is 0 Å². The maximum atomic E-state index is 2.82. The molecule has 0 amide bonds.